The fourth-order valence-corrected chi connectivity index (χ4v) is 3.41. The number of nitrogens with two attached hydrogens (primary N) is 1. The molecule has 2 unspecified atom stereocenters. The van der Waals surface area contributed by atoms with Crippen molar-refractivity contribution in [2.75, 3.05) is 33.7 Å². The molecule has 5 heteroatoms. The Hall–Kier alpha value is -0.650. The molecule has 1 saturated heterocycles. The Balaban J connectivity index is 2.14. The highest BCUT2D eigenvalue weighted by atomic mass is 35.5. The predicted octanol–water partition coefficient (Wildman–Crippen LogP) is 1.66. The van der Waals surface area contributed by atoms with Crippen LogP contribution in [0.3, 0.4) is 0 Å². The van der Waals surface area contributed by atoms with Crippen LogP contribution in [0.1, 0.15) is 17.5 Å². The maximum Gasteiger partial charge on any atom is 0.0441 e. The second-order valence-corrected chi connectivity index (χ2v) is 6.64. The summed E-state index contributed by atoms with van der Waals surface area (Å²) in [5, 5.41) is 0.833. The van der Waals surface area contributed by atoms with E-state index in [1.54, 1.807) is 0 Å². The summed E-state index contributed by atoms with van der Waals surface area (Å²) in [6.07, 6.45) is 2.05. The topological polar surface area (TPSA) is 44.5 Å². The Bertz CT molecular complexity index is 466. The highest BCUT2D eigenvalue weighted by Gasteiger charge is 2.28. The summed E-state index contributed by atoms with van der Waals surface area (Å²) < 4.78 is 0. The van der Waals surface area contributed by atoms with Crippen LogP contribution < -0.4 is 11.3 Å². The van der Waals surface area contributed by atoms with E-state index < -0.39 is 0 Å². The average Bonchev–Trinajstić information content (AvgIpc) is 2.60. The molecule has 0 spiro atoms. The van der Waals surface area contributed by atoms with Crippen molar-refractivity contribution in [2.45, 2.75) is 31.8 Å². The molecule has 1 heterocycles. The number of nitrogens with zero attached hydrogens (tertiary/aromatic N) is 2. The first-order chi connectivity index (χ1) is 10.0. The van der Waals surface area contributed by atoms with Crippen LogP contribution in [-0.2, 0) is 6.42 Å². The van der Waals surface area contributed by atoms with Gasteiger partial charge in [-0.05, 0) is 64.1 Å². The zero-order chi connectivity index (χ0) is 15.4. The van der Waals surface area contributed by atoms with E-state index in [9.17, 15) is 0 Å². The van der Waals surface area contributed by atoms with Gasteiger partial charge in [0.15, 0.2) is 0 Å². The van der Waals surface area contributed by atoms with E-state index in [-0.39, 0.29) is 6.04 Å². The van der Waals surface area contributed by atoms with Crippen molar-refractivity contribution in [3.63, 3.8) is 0 Å². The van der Waals surface area contributed by atoms with Gasteiger partial charge in [-0.1, -0.05) is 23.7 Å². The Labute approximate surface area is 133 Å². The highest BCUT2D eigenvalue weighted by Crippen LogP contribution is 2.21. The molecule has 1 aliphatic heterocycles. The summed E-state index contributed by atoms with van der Waals surface area (Å²) in [6.45, 7) is 5.33. The number of hydrazine groups is 1. The first kappa shape index (κ1) is 16.7. The molecule has 0 bridgehead atoms. The largest absolute Gasteiger partial charge is 0.305 e. The molecule has 1 aromatic rings. The van der Waals surface area contributed by atoms with Crippen LogP contribution in [0.5, 0.6) is 0 Å². The summed E-state index contributed by atoms with van der Waals surface area (Å²) in [5.41, 5.74) is 5.36. The molecular weight excluding hydrogens is 284 g/mol. The molecule has 0 aliphatic carbocycles. The summed E-state index contributed by atoms with van der Waals surface area (Å²) in [5.74, 6) is 5.85. The lowest BCUT2D eigenvalue weighted by Crippen LogP contribution is -2.55. The third-order valence-corrected chi connectivity index (χ3v) is 4.79. The van der Waals surface area contributed by atoms with Crippen LogP contribution in [0.4, 0.5) is 0 Å². The second-order valence-electron chi connectivity index (χ2n) is 6.24. The summed E-state index contributed by atoms with van der Waals surface area (Å²) in [7, 11) is 4.36. The number of aryl methyl sites for hydroxylation is 1. The molecule has 1 fully saturated rings. The molecule has 1 aromatic carbocycles. The molecule has 118 valence electrons. The van der Waals surface area contributed by atoms with Gasteiger partial charge in [0.1, 0.15) is 0 Å². The standard InChI is InChI=1S/C16H27ClN4/c1-12-5-6-13(14(17)9-12)10-15(19-18)16-11-20(2)7-4-8-21(16)3/h5-6,9,15-16,19H,4,7-8,10-11,18H2,1-3H3. The maximum atomic E-state index is 6.37. The molecule has 0 amide bonds. The average molecular weight is 311 g/mol. The van der Waals surface area contributed by atoms with Gasteiger partial charge in [0.25, 0.3) is 0 Å². The zero-order valence-electron chi connectivity index (χ0n) is 13.3. The van der Waals surface area contributed by atoms with Crippen molar-refractivity contribution in [1.82, 2.24) is 15.2 Å². The van der Waals surface area contributed by atoms with Crippen LogP contribution in [0, 0.1) is 6.92 Å². The van der Waals surface area contributed by atoms with Gasteiger partial charge in [0.05, 0.1) is 0 Å². The van der Waals surface area contributed by atoms with E-state index in [1.807, 2.05) is 6.07 Å². The molecule has 4 nitrogen and oxygen atoms in total. The number of likely N-dealkylation sites (N-methyl/N-ethyl adjacent to an activating group) is 2. The lowest BCUT2D eigenvalue weighted by molar-refractivity contribution is 0.177. The van der Waals surface area contributed by atoms with Gasteiger partial charge in [-0.15, -0.1) is 0 Å². The van der Waals surface area contributed by atoms with Gasteiger partial charge in [-0.25, -0.2) is 0 Å². The van der Waals surface area contributed by atoms with Crippen LogP contribution in [0.2, 0.25) is 5.02 Å². The van der Waals surface area contributed by atoms with E-state index in [0.717, 1.165) is 36.6 Å². The number of hydrogen-bond acceptors (Lipinski definition) is 4. The lowest BCUT2D eigenvalue weighted by Gasteiger charge is -2.34. The highest BCUT2D eigenvalue weighted by molar-refractivity contribution is 6.31. The first-order valence-corrected chi connectivity index (χ1v) is 7.99. The minimum absolute atomic E-state index is 0.191. The van der Waals surface area contributed by atoms with Crippen LogP contribution in [-0.4, -0.2) is 55.6 Å². The van der Waals surface area contributed by atoms with Crippen LogP contribution in [0.25, 0.3) is 0 Å². The number of nitrogens with one attached hydrogen (secondary N) is 1. The van der Waals surface area contributed by atoms with Gasteiger partial charge in [0.2, 0.25) is 0 Å². The number of hydrogen-bond donors (Lipinski definition) is 2. The molecule has 1 aliphatic rings. The first-order valence-electron chi connectivity index (χ1n) is 7.61. The SMILES string of the molecule is Cc1ccc(CC(NN)C2CN(C)CCCN2C)c(Cl)c1. The minimum atomic E-state index is 0.191. The fraction of sp³-hybridized carbons (Fsp3) is 0.625. The van der Waals surface area contributed by atoms with Crippen molar-refractivity contribution >= 4 is 11.6 Å². The van der Waals surface area contributed by atoms with Crippen LogP contribution >= 0.6 is 11.6 Å². The lowest BCUT2D eigenvalue weighted by atomic mass is 9.98. The van der Waals surface area contributed by atoms with Crippen molar-refractivity contribution in [1.29, 1.82) is 0 Å². The fourth-order valence-electron chi connectivity index (χ4n) is 3.10. The van der Waals surface area contributed by atoms with E-state index in [1.165, 1.54) is 12.0 Å². The molecule has 2 rings (SSSR count). The molecule has 0 saturated carbocycles. The second kappa shape index (κ2) is 7.56. The summed E-state index contributed by atoms with van der Waals surface area (Å²) in [6, 6.07) is 6.82. The quantitative estimate of drug-likeness (QED) is 0.656. The third kappa shape index (κ3) is 4.41. The van der Waals surface area contributed by atoms with E-state index in [4.69, 9.17) is 17.4 Å². The van der Waals surface area contributed by atoms with E-state index >= 15 is 0 Å². The number of benzene rings is 1. The Morgan fingerprint density at radius 2 is 2.14 bits per heavy atom. The normalized spacial score (nSPS) is 23.0. The minimum Gasteiger partial charge on any atom is -0.305 e. The predicted molar refractivity (Wildman–Crippen MR) is 89.5 cm³/mol. The number of halogens is 1. The molecule has 2 atom stereocenters. The molecular formula is C16H27ClN4. The van der Waals surface area contributed by atoms with Crippen molar-refractivity contribution in [3.8, 4) is 0 Å². The van der Waals surface area contributed by atoms with Crippen LogP contribution in [0.15, 0.2) is 18.2 Å². The van der Waals surface area contributed by atoms with Crippen molar-refractivity contribution in [3.05, 3.63) is 34.3 Å². The molecule has 3 N–H and O–H groups in total. The van der Waals surface area contributed by atoms with Crippen molar-refractivity contribution < 1.29 is 0 Å². The van der Waals surface area contributed by atoms with Gasteiger partial charge in [-0.2, -0.15) is 0 Å². The monoisotopic (exact) mass is 310 g/mol. The van der Waals surface area contributed by atoms with E-state index in [0.29, 0.717) is 6.04 Å². The van der Waals surface area contributed by atoms with E-state index in [2.05, 4.69) is 48.4 Å². The Morgan fingerprint density at radius 3 is 2.81 bits per heavy atom. The number of rotatable bonds is 4. The molecule has 21 heavy (non-hydrogen) atoms. The summed E-state index contributed by atoms with van der Waals surface area (Å²) in [4.78, 5) is 4.80. The van der Waals surface area contributed by atoms with Crippen molar-refractivity contribution in [2.24, 2.45) is 5.84 Å². The molecule has 0 radical (unpaired) electrons. The smallest absolute Gasteiger partial charge is 0.0441 e. The maximum absolute atomic E-state index is 6.37. The third-order valence-electron chi connectivity index (χ3n) is 4.44. The van der Waals surface area contributed by atoms with Gasteiger partial charge < -0.3 is 9.80 Å². The Kier molecular flexibility index (Phi) is 6.02. The van der Waals surface area contributed by atoms with Gasteiger partial charge in [0, 0.05) is 23.7 Å². The van der Waals surface area contributed by atoms with Gasteiger partial charge in [-0.3, -0.25) is 11.3 Å². The zero-order valence-corrected chi connectivity index (χ0v) is 14.0. The molecule has 0 aromatic heterocycles. The van der Waals surface area contributed by atoms with Gasteiger partial charge >= 0.3 is 0 Å². The Morgan fingerprint density at radius 1 is 1.38 bits per heavy atom. The summed E-state index contributed by atoms with van der Waals surface area (Å²) >= 11 is 6.37.